The van der Waals surface area contributed by atoms with Gasteiger partial charge in [0.2, 0.25) is 5.91 Å². The Labute approximate surface area is 123 Å². The number of hydrogen-bond donors (Lipinski definition) is 1. The lowest BCUT2D eigenvalue weighted by atomic mass is 9.92. The molecule has 1 aromatic carbocycles. The number of alkyl halides is 1. The first-order valence-electron chi connectivity index (χ1n) is 6.33. The minimum absolute atomic E-state index is 0.00938. The van der Waals surface area contributed by atoms with E-state index in [1.807, 2.05) is 12.1 Å². The van der Waals surface area contributed by atoms with E-state index in [0.717, 1.165) is 18.4 Å². The van der Waals surface area contributed by atoms with Crippen LogP contribution >= 0.6 is 23.2 Å². The minimum atomic E-state index is -0.316. The summed E-state index contributed by atoms with van der Waals surface area (Å²) < 4.78 is 5.31. The number of carbonyl (C=O) groups excluding carboxylic acids is 1. The fourth-order valence-corrected chi connectivity index (χ4v) is 2.64. The summed E-state index contributed by atoms with van der Waals surface area (Å²) in [6, 6.07) is 7.30. The van der Waals surface area contributed by atoms with E-state index >= 15 is 0 Å². The summed E-state index contributed by atoms with van der Waals surface area (Å²) in [6.07, 6.45) is 1.88. The smallest absolute Gasteiger partial charge is 0.224 e. The first-order valence-corrected chi connectivity index (χ1v) is 7.24. The standard InChI is InChI=1S/C14H17Cl2NO2/c15-10-14(5-7-19-8-6-14)17-13(18)9-11-1-3-12(16)4-2-11/h1-4H,5-10H2,(H,17,18). The van der Waals surface area contributed by atoms with Crippen molar-refractivity contribution in [2.24, 2.45) is 0 Å². The predicted molar refractivity (Wildman–Crippen MR) is 76.8 cm³/mol. The van der Waals surface area contributed by atoms with E-state index in [4.69, 9.17) is 27.9 Å². The Hall–Kier alpha value is -0.770. The zero-order chi connectivity index (χ0) is 13.7. The second-order valence-corrected chi connectivity index (χ2v) is 5.58. The molecule has 1 amide bonds. The van der Waals surface area contributed by atoms with E-state index in [9.17, 15) is 4.79 Å². The molecule has 0 aliphatic carbocycles. The second-order valence-electron chi connectivity index (χ2n) is 4.88. The summed E-state index contributed by atoms with van der Waals surface area (Å²) in [7, 11) is 0. The first-order chi connectivity index (χ1) is 9.13. The highest BCUT2D eigenvalue weighted by atomic mass is 35.5. The van der Waals surface area contributed by atoms with Gasteiger partial charge in [-0.1, -0.05) is 23.7 Å². The molecule has 3 nitrogen and oxygen atoms in total. The van der Waals surface area contributed by atoms with Crippen LogP contribution in [0.3, 0.4) is 0 Å². The van der Waals surface area contributed by atoms with Gasteiger partial charge in [0.05, 0.1) is 12.0 Å². The van der Waals surface area contributed by atoms with Gasteiger partial charge in [-0.05, 0) is 30.5 Å². The van der Waals surface area contributed by atoms with Crippen LogP contribution in [0.25, 0.3) is 0 Å². The third-order valence-corrected chi connectivity index (χ3v) is 4.15. The molecule has 1 aliphatic rings. The fourth-order valence-electron chi connectivity index (χ4n) is 2.18. The van der Waals surface area contributed by atoms with E-state index in [2.05, 4.69) is 5.32 Å². The first kappa shape index (κ1) is 14.6. The van der Waals surface area contributed by atoms with E-state index < -0.39 is 0 Å². The normalized spacial score (nSPS) is 18.0. The molecule has 1 aliphatic heterocycles. The van der Waals surface area contributed by atoms with E-state index in [0.29, 0.717) is 30.5 Å². The van der Waals surface area contributed by atoms with Crippen molar-refractivity contribution in [3.63, 3.8) is 0 Å². The van der Waals surface area contributed by atoms with Gasteiger partial charge in [0.25, 0.3) is 0 Å². The highest BCUT2D eigenvalue weighted by Crippen LogP contribution is 2.22. The third kappa shape index (κ3) is 4.10. The summed E-state index contributed by atoms with van der Waals surface area (Å²) in [6.45, 7) is 1.29. The molecular formula is C14H17Cl2NO2. The fraction of sp³-hybridized carbons (Fsp3) is 0.500. The maximum Gasteiger partial charge on any atom is 0.224 e. The molecule has 0 unspecified atom stereocenters. The number of ether oxygens (including phenoxy) is 1. The molecule has 1 heterocycles. The molecule has 0 atom stereocenters. The molecule has 0 aromatic heterocycles. The predicted octanol–water partition coefficient (Wildman–Crippen LogP) is 2.79. The second kappa shape index (κ2) is 6.60. The van der Waals surface area contributed by atoms with Crippen molar-refractivity contribution in [1.29, 1.82) is 0 Å². The van der Waals surface area contributed by atoms with E-state index in [1.165, 1.54) is 0 Å². The van der Waals surface area contributed by atoms with Crippen LogP contribution in [0.15, 0.2) is 24.3 Å². The molecule has 19 heavy (non-hydrogen) atoms. The molecule has 1 N–H and O–H groups in total. The lowest BCUT2D eigenvalue weighted by Crippen LogP contribution is -2.53. The topological polar surface area (TPSA) is 38.3 Å². The third-order valence-electron chi connectivity index (χ3n) is 3.39. The molecule has 1 saturated heterocycles. The Balaban J connectivity index is 1.94. The van der Waals surface area contributed by atoms with Gasteiger partial charge in [0.15, 0.2) is 0 Å². The maximum absolute atomic E-state index is 12.1. The van der Waals surface area contributed by atoms with Crippen molar-refractivity contribution >= 4 is 29.1 Å². The molecule has 0 bridgehead atoms. The van der Waals surface area contributed by atoms with Crippen LogP contribution in [0.2, 0.25) is 5.02 Å². The number of carbonyl (C=O) groups is 1. The van der Waals surface area contributed by atoms with Crippen molar-refractivity contribution in [2.45, 2.75) is 24.8 Å². The lowest BCUT2D eigenvalue weighted by Gasteiger charge is -2.36. The van der Waals surface area contributed by atoms with Crippen LogP contribution in [-0.4, -0.2) is 30.5 Å². The van der Waals surface area contributed by atoms with Crippen LogP contribution in [-0.2, 0) is 16.0 Å². The summed E-state index contributed by atoms with van der Waals surface area (Å²) >= 11 is 11.8. The minimum Gasteiger partial charge on any atom is -0.381 e. The van der Waals surface area contributed by atoms with Gasteiger partial charge in [0, 0.05) is 24.1 Å². The van der Waals surface area contributed by atoms with Crippen LogP contribution in [0.4, 0.5) is 0 Å². The maximum atomic E-state index is 12.1. The van der Waals surface area contributed by atoms with Crippen molar-refractivity contribution in [2.75, 3.05) is 19.1 Å². The molecule has 0 saturated carbocycles. The molecule has 2 rings (SSSR count). The molecule has 0 spiro atoms. The quantitative estimate of drug-likeness (QED) is 0.869. The Kier molecular flexibility index (Phi) is 5.08. The van der Waals surface area contributed by atoms with Crippen molar-refractivity contribution in [3.05, 3.63) is 34.9 Å². The highest BCUT2D eigenvalue weighted by molar-refractivity contribution is 6.30. The monoisotopic (exact) mass is 301 g/mol. The van der Waals surface area contributed by atoms with Gasteiger partial charge in [0.1, 0.15) is 0 Å². The Bertz CT molecular complexity index is 428. The number of rotatable bonds is 4. The average molecular weight is 302 g/mol. The van der Waals surface area contributed by atoms with Gasteiger partial charge in [-0.3, -0.25) is 4.79 Å². The molecular weight excluding hydrogens is 285 g/mol. The van der Waals surface area contributed by atoms with Crippen molar-refractivity contribution in [3.8, 4) is 0 Å². The zero-order valence-corrected chi connectivity index (χ0v) is 12.1. The number of amides is 1. The number of hydrogen-bond acceptors (Lipinski definition) is 2. The number of halogens is 2. The number of benzene rings is 1. The zero-order valence-electron chi connectivity index (χ0n) is 10.6. The van der Waals surface area contributed by atoms with Crippen LogP contribution in [0, 0.1) is 0 Å². The van der Waals surface area contributed by atoms with Gasteiger partial charge in [-0.15, -0.1) is 11.6 Å². The van der Waals surface area contributed by atoms with Crippen molar-refractivity contribution < 1.29 is 9.53 Å². The van der Waals surface area contributed by atoms with Crippen molar-refractivity contribution in [1.82, 2.24) is 5.32 Å². The van der Waals surface area contributed by atoms with Crippen LogP contribution in [0.5, 0.6) is 0 Å². The summed E-state index contributed by atoms with van der Waals surface area (Å²) in [5.41, 5.74) is 0.627. The van der Waals surface area contributed by atoms with E-state index in [-0.39, 0.29) is 11.4 Å². The molecule has 104 valence electrons. The van der Waals surface area contributed by atoms with Crippen LogP contribution in [0.1, 0.15) is 18.4 Å². The molecule has 1 aromatic rings. The van der Waals surface area contributed by atoms with Crippen LogP contribution < -0.4 is 5.32 Å². The molecule has 0 radical (unpaired) electrons. The largest absolute Gasteiger partial charge is 0.381 e. The Morgan fingerprint density at radius 3 is 2.47 bits per heavy atom. The highest BCUT2D eigenvalue weighted by Gasteiger charge is 2.33. The Morgan fingerprint density at radius 2 is 1.89 bits per heavy atom. The SMILES string of the molecule is O=C(Cc1ccc(Cl)cc1)NC1(CCl)CCOCC1. The van der Waals surface area contributed by atoms with Gasteiger partial charge < -0.3 is 10.1 Å². The summed E-state index contributed by atoms with van der Waals surface area (Å²) in [4.78, 5) is 12.1. The van der Waals surface area contributed by atoms with E-state index in [1.54, 1.807) is 12.1 Å². The van der Waals surface area contributed by atoms with Gasteiger partial charge >= 0.3 is 0 Å². The Morgan fingerprint density at radius 1 is 1.26 bits per heavy atom. The summed E-state index contributed by atoms with van der Waals surface area (Å²) in [5, 5.41) is 3.73. The van der Waals surface area contributed by atoms with Gasteiger partial charge in [-0.2, -0.15) is 0 Å². The average Bonchev–Trinajstić information content (AvgIpc) is 2.42. The molecule has 5 heteroatoms. The van der Waals surface area contributed by atoms with Gasteiger partial charge in [-0.25, -0.2) is 0 Å². The number of nitrogens with one attached hydrogen (secondary N) is 1. The lowest BCUT2D eigenvalue weighted by molar-refractivity contribution is -0.123. The summed E-state index contributed by atoms with van der Waals surface area (Å²) in [5.74, 6) is 0.410. The molecule has 1 fully saturated rings.